The van der Waals surface area contributed by atoms with Crippen molar-refractivity contribution in [2.45, 2.75) is 25.5 Å². The molecule has 8 nitrogen and oxygen atoms in total. The van der Waals surface area contributed by atoms with Crippen LogP contribution in [0.15, 0.2) is 18.6 Å². The third kappa shape index (κ3) is 2.94. The molecule has 1 aliphatic heterocycles. The quantitative estimate of drug-likeness (QED) is 0.671. The average Bonchev–Trinajstić information content (AvgIpc) is 3.12. The topological polar surface area (TPSA) is 95.1 Å². The van der Waals surface area contributed by atoms with E-state index in [1.54, 1.807) is 10.9 Å². The maximum absolute atomic E-state index is 10.6. The lowest BCUT2D eigenvalue weighted by molar-refractivity contribution is -0.380. The van der Waals surface area contributed by atoms with E-state index in [2.05, 4.69) is 15.4 Å². The van der Waals surface area contributed by atoms with Gasteiger partial charge < -0.3 is 10.1 Å². The van der Waals surface area contributed by atoms with Crippen molar-refractivity contribution in [2.24, 2.45) is 0 Å². The summed E-state index contributed by atoms with van der Waals surface area (Å²) in [6.45, 7) is 1.54. The summed E-state index contributed by atoms with van der Waals surface area (Å²) in [5, 5.41) is 18.3. The molecule has 1 saturated heterocycles. The highest BCUT2D eigenvalue weighted by atomic mass is 32.1. The van der Waals surface area contributed by atoms with Gasteiger partial charge in [-0.25, -0.2) is 4.98 Å². The number of rotatable bonds is 5. The lowest BCUT2D eigenvalue weighted by Crippen LogP contribution is -2.15. The van der Waals surface area contributed by atoms with E-state index in [4.69, 9.17) is 4.74 Å². The van der Waals surface area contributed by atoms with Gasteiger partial charge in [-0.05, 0) is 24.2 Å². The molecule has 1 aliphatic rings. The third-order valence-corrected chi connectivity index (χ3v) is 3.84. The average molecular weight is 295 g/mol. The normalized spacial score (nSPS) is 18.3. The van der Waals surface area contributed by atoms with Crippen LogP contribution in [0.2, 0.25) is 0 Å². The number of nitrogens with one attached hydrogen (secondary N) is 1. The molecular formula is C11H13N5O3S. The lowest BCUT2D eigenvalue weighted by Gasteiger charge is -2.08. The van der Waals surface area contributed by atoms with Crippen molar-refractivity contribution >= 4 is 27.2 Å². The molecular weight excluding hydrogens is 282 g/mol. The van der Waals surface area contributed by atoms with Crippen LogP contribution in [0.5, 0.6) is 0 Å². The monoisotopic (exact) mass is 295 g/mol. The summed E-state index contributed by atoms with van der Waals surface area (Å²) >= 11 is 0.995. The van der Waals surface area contributed by atoms with Crippen LogP contribution in [0.25, 0.3) is 0 Å². The largest absolute Gasteiger partial charge is 0.376 e. The predicted octanol–water partition coefficient (Wildman–Crippen LogP) is 2.17. The fourth-order valence-corrected chi connectivity index (χ4v) is 2.71. The van der Waals surface area contributed by atoms with Crippen molar-refractivity contribution in [1.82, 2.24) is 14.8 Å². The van der Waals surface area contributed by atoms with Crippen LogP contribution in [0.3, 0.4) is 0 Å². The van der Waals surface area contributed by atoms with Gasteiger partial charge in [0.05, 0.1) is 29.5 Å². The summed E-state index contributed by atoms with van der Waals surface area (Å²) in [6.07, 6.45) is 7.13. The van der Waals surface area contributed by atoms with Gasteiger partial charge in [0.25, 0.3) is 0 Å². The van der Waals surface area contributed by atoms with Gasteiger partial charge in [0.15, 0.2) is 5.13 Å². The summed E-state index contributed by atoms with van der Waals surface area (Å²) < 4.78 is 7.35. The van der Waals surface area contributed by atoms with Crippen LogP contribution in [0, 0.1) is 10.1 Å². The van der Waals surface area contributed by atoms with Crippen molar-refractivity contribution in [1.29, 1.82) is 0 Å². The van der Waals surface area contributed by atoms with Gasteiger partial charge in [-0.2, -0.15) is 5.10 Å². The summed E-state index contributed by atoms with van der Waals surface area (Å²) in [6, 6.07) is 0. The molecule has 0 amide bonds. The second kappa shape index (κ2) is 5.55. The zero-order valence-electron chi connectivity index (χ0n) is 10.6. The summed E-state index contributed by atoms with van der Waals surface area (Å²) in [5.41, 5.74) is 0.757. The molecule has 9 heteroatoms. The molecule has 1 atom stereocenters. The van der Waals surface area contributed by atoms with Crippen LogP contribution >= 0.6 is 11.3 Å². The van der Waals surface area contributed by atoms with E-state index in [0.29, 0.717) is 5.13 Å². The van der Waals surface area contributed by atoms with Crippen molar-refractivity contribution in [3.05, 3.63) is 28.7 Å². The van der Waals surface area contributed by atoms with Crippen molar-refractivity contribution in [3.8, 4) is 0 Å². The molecule has 106 valence electrons. The van der Waals surface area contributed by atoms with E-state index < -0.39 is 4.92 Å². The number of aromatic nitrogens is 3. The van der Waals surface area contributed by atoms with Gasteiger partial charge >= 0.3 is 5.00 Å². The Morgan fingerprint density at radius 1 is 1.60 bits per heavy atom. The molecule has 0 spiro atoms. The van der Waals surface area contributed by atoms with Crippen LogP contribution in [0.4, 0.5) is 15.8 Å². The molecule has 0 saturated carbocycles. The third-order valence-electron chi connectivity index (χ3n) is 2.97. The Morgan fingerprint density at radius 3 is 3.20 bits per heavy atom. The minimum Gasteiger partial charge on any atom is -0.376 e. The number of ether oxygens (including phenoxy) is 1. The standard InChI is InChI=1S/C11H13N5O3S/c17-16(18)10-5-12-11(20-10)14-8-4-13-15(6-8)7-9-2-1-3-19-9/h4-6,9H,1-3,7H2,(H,12,14)/t9-/m0/s1. The van der Waals surface area contributed by atoms with Crippen LogP contribution < -0.4 is 5.32 Å². The first kappa shape index (κ1) is 13.0. The molecule has 1 fully saturated rings. The number of hydrogen-bond acceptors (Lipinski definition) is 7. The SMILES string of the molecule is O=[N+]([O-])c1cnc(Nc2cnn(C[C@@H]3CCCO3)c2)s1. The fourth-order valence-electron chi connectivity index (χ4n) is 2.06. The van der Waals surface area contributed by atoms with Crippen molar-refractivity contribution in [3.63, 3.8) is 0 Å². The minimum absolute atomic E-state index is 0.0132. The Morgan fingerprint density at radius 2 is 2.50 bits per heavy atom. The molecule has 3 rings (SSSR count). The number of thiazole rings is 1. The van der Waals surface area contributed by atoms with Crippen molar-refractivity contribution < 1.29 is 9.66 Å². The Bertz CT molecular complexity index is 605. The van der Waals surface area contributed by atoms with E-state index in [0.717, 1.165) is 43.0 Å². The van der Waals surface area contributed by atoms with Crippen LogP contribution in [-0.4, -0.2) is 32.4 Å². The van der Waals surface area contributed by atoms with E-state index in [1.165, 1.54) is 6.20 Å². The Hall–Kier alpha value is -2.00. The fraction of sp³-hybridized carbons (Fsp3) is 0.455. The maximum atomic E-state index is 10.6. The summed E-state index contributed by atoms with van der Waals surface area (Å²) in [5.74, 6) is 0. The highest BCUT2D eigenvalue weighted by Gasteiger charge is 2.17. The van der Waals surface area contributed by atoms with Crippen LogP contribution in [0.1, 0.15) is 12.8 Å². The molecule has 0 aliphatic carbocycles. The summed E-state index contributed by atoms with van der Waals surface area (Å²) in [7, 11) is 0. The Kier molecular flexibility index (Phi) is 3.61. The first-order valence-corrected chi connectivity index (χ1v) is 7.03. The van der Waals surface area contributed by atoms with Crippen molar-refractivity contribution in [2.75, 3.05) is 11.9 Å². The lowest BCUT2D eigenvalue weighted by atomic mass is 10.2. The van der Waals surface area contributed by atoms with Gasteiger partial charge in [0, 0.05) is 12.8 Å². The van der Waals surface area contributed by atoms with Gasteiger partial charge in [-0.15, -0.1) is 0 Å². The zero-order chi connectivity index (χ0) is 13.9. The molecule has 0 unspecified atom stereocenters. The van der Waals surface area contributed by atoms with Gasteiger partial charge in [0.2, 0.25) is 0 Å². The molecule has 0 radical (unpaired) electrons. The first-order valence-electron chi connectivity index (χ1n) is 6.22. The maximum Gasteiger partial charge on any atom is 0.345 e. The van der Waals surface area contributed by atoms with E-state index in [-0.39, 0.29) is 11.1 Å². The smallest absolute Gasteiger partial charge is 0.345 e. The molecule has 2 aromatic heterocycles. The number of anilines is 2. The first-order chi connectivity index (χ1) is 9.70. The molecule has 1 N–H and O–H groups in total. The highest BCUT2D eigenvalue weighted by Crippen LogP contribution is 2.27. The van der Waals surface area contributed by atoms with Crippen LogP contribution in [-0.2, 0) is 11.3 Å². The van der Waals surface area contributed by atoms with E-state index in [1.807, 2.05) is 6.20 Å². The molecule has 3 heterocycles. The van der Waals surface area contributed by atoms with E-state index in [9.17, 15) is 10.1 Å². The van der Waals surface area contributed by atoms with Gasteiger partial charge in [0.1, 0.15) is 6.20 Å². The Balaban J connectivity index is 1.62. The Labute approximate surface area is 118 Å². The molecule has 2 aromatic rings. The second-order valence-corrected chi connectivity index (χ2v) is 5.48. The molecule has 0 aromatic carbocycles. The predicted molar refractivity (Wildman–Crippen MR) is 73.3 cm³/mol. The zero-order valence-corrected chi connectivity index (χ0v) is 11.4. The summed E-state index contributed by atoms with van der Waals surface area (Å²) in [4.78, 5) is 14.1. The number of nitro groups is 1. The molecule has 0 bridgehead atoms. The van der Waals surface area contributed by atoms with E-state index >= 15 is 0 Å². The second-order valence-electron chi connectivity index (χ2n) is 4.47. The minimum atomic E-state index is -0.455. The van der Waals surface area contributed by atoms with Gasteiger partial charge in [-0.1, -0.05) is 0 Å². The number of hydrogen-bond donors (Lipinski definition) is 1. The number of nitrogens with zero attached hydrogens (tertiary/aromatic N) is 4. The highest BCUT2D eigenvalue weighted by molar-refractivity contribution is 7.18. The van der Waals surface area contributed by atoms with Gasteiger partial charge in [-0.3, -0.25) is 14.8 Å². The molecule has 20 heavy (non-hydrogen) atoms.